The van der Waals surface area contributed by atoms with Crippen LogP contribution in [0.2, 0.25) is 0 Å². The molecule has 1 aliphatic rings. The van der Waals surface area contributed by atoms with Gasteiger partial charge in [-0.05, 0) is 61.6 Å². The molecule has 3 aromatic rings. The largest absolute Gasteiger partial charge is 0.382 e. The normalized spacial score (nSPS) is 14.8. The first-order valence-electron chi connectivity index (χ1n) is 13.3. The summed E-state index contributed by atoms with van der Waals surface area (Å²) in [5.74, 6) is -0.911. The Morgan fingerprint density at radius 1 is 1.03 bits per heavy atom. The van der Waals surface area contributed by atoms with Gasteiger partial charge in [-0.2, -0.15) is 0 Å². The fraction of sp³-hybridized carbons (Fsp3) is 0.400. The van der Waals surface area contributed by atoms with Gasteiger partial charge in [0.25, 0.3) is 5.91 Å². The summed E-state index contributed by atoms with van der Waals surface area (Å²) < 4.78 is 19.3. The maximum atomic E-state index is 13.9. The third kappa shape index (κ3) is 7.07. The van der Waals surface area contributed by atoms with Gasteiger partial charge in [-0.1, -0.05) is 61.7 Å². The molecule has 0 aliphatic heterocycles. The van der Waals surface area contributed by atoms with Crippen LogP contribution in [0.25, 0.3) is 11.3 Å². The Bertz CT molecular complexity index is 1140. The molecule has 1 saturated carbocycles. The molecule has 2 amide bonds. The number of nitrogens with one attached hydrogen (secondary N) is 2. The highest BCUT2D eigenvalue weighted by Crippen LogP contribution is 2.27. The third-order valence-corrected chi connectivity index (χ3v) is 6.85. The lowest BCUT2D eigenvalue weighted by Gasteiger charge is -2.33. The van der Waals surface area contributed by atoms with Gasteiger partial charge in [-0.15, -0.1) is 0 Å². The van der Waals surface area contributed by atoms with E-state index in [1.54, 1.807) is 23.1 Å². The molecule has 7 heteroatoms. The smallest absolute Gasteiger partial charge is 0.271 e. The quantitative estimate of drug-likeness (QED) is 0.320. The summed E-state index contributed by atoms with van der Waals surface area (Å²) >= 11 is 0. The van der Waals surface area contributed by atoms with Crippen molar-refractivity contribution in [2.45, 2.75) is 57.5 Å². The molecular weight excluding hydrogens is 469 g/mol. The maximum Gasteiger partial charge on any atom is 0.271 e. The van der Waals surface area contributed by atoms with Gasteiger partial charge < -0.3 is 19.9 Å². The Balaban J connectivity index is 1.65. The van der Waals surface area contributed by atoms with Gasteiger partial charge in [-0.25, -0.2) is 4.39 Å². The van der Waals surface area contributed by atoms with E-state index in [2.05, 4.69) is 10.3 Å². The van der Waals surface area contributed by atoms with Crippen LogP contribution < -0.4 is 5.32 Å². The molecule has 4 rings (SSSR count). The number of carbonyl (C=O) groups excluding carboxylic acids is 2. The van der Waals surface area contributed by atoms with Gasteiger partial charge in [0.2, 0.25) is 5.91 Å². The van der Waals surface area contributed by atoms with E-state index >= 15 is 0 Å². The monoisotopic (exact) mass is 505 g/mol. The van der Waals surface area contributed by atoms with E-state index in [9.17, 15) is 14.0 Å². The molecule has 37 heavy (non-hydrogen) atoms. The van der Waals surface area contributed by atoms with Crippen LogP contribution in [0.3, 0.4) is 0 Å². The highest BCUT2D eigenvalue weighted by atomic mass is 19.1. The van der Waals surface area contributed by atoms with E-state index in [0.29, 0.717) is 37.4 Å². The molecule has 0 unspecified atom stereocenters. The van der Waals surface area contributed by atoms with Crippen molar-refractivity contribution in [1.82, 2.24) is 15.2 Å². The summed E-state index contributed by atoms with van der Waals surface area (Å²) in [6, 6.07) is 18.4. The highest BCUT2D eigenvalue weighted by molar-refractivity contribution is 5.97. The summed E-state index contributed by atoms with van der Waals surface area (Å²) in [5, 5.41) is 3.18. The predicted octanol–water partition coefficient (Wildman–Crippen LogP) is 5.88. The molecule has 0 bridgehead atoms. The molecule has 1 fully saturated rings. The third-order valence-electron chi connectivity index (χ3n) is 6.85. The van der Waals surface area contributed by atoms with E-state index in [1.807, 2.05) is 43.3 Å². The summed E-state index contributed by atoms with van der Waals surface area (Å²) in [4.78, 5) is 32.5. The number of hydrogen-bond donors (Lipinski definition) is 2. The minimum Gasteiger partial charge on any atom is -0.382 e. The number of H-pyrrole nitrogens is 1. The molecule has 1 atom stereocenters. The van der Waals surface area contributed by atoms with Crippen LogP contribution in [0.4, 0.5) is 4.39 Å². The molecule has 0 spiro atoms. The van der Waals surface area contributed by atoms with Gasteiger partial charge in [0.1, 0.15) is 17.6 Å². The van der Waals surface area contributed by atoms with Crippen LogP contribution in [0, 0.1) is 5.82 Å². The van der Waals surface area contributed by atoms with Crippen LogP contribution in [-0.4, -0.2) is 47.5 Å². The van der Waals surface area contributed by atoms with Crippen molar-refractivity contribution in [2.24, 2.45) is 0 Å². The Kier molecular flexibility index (Phi) is 9.49. The first-order chi connectivity index (χ1) is 18.1. The number of aromatic nitrogens is 1. The number of nitrogens with zero attached hydrogens (tertiary/aromatic N) is 1. The Labute approximate surface area is 218 Å². The van der Waals surface area contributed by atoms with Crippen LogP contribution in [0.1, 0.15) is 67.5 Å². The van der Waals surface area contributed by atoms with Crippen molar-refractivity contribution in [2.75, 3.05) is 19.8 Å². The fourth-order valence-corrected chi connectivity index (χ4v) is 4.93. The first kappa shape index (κ1) is 26.6. The van der Waals surface area contributed by atoms with Crippen LogP contribution in [-0.2, 0) is 9.53 Å². The topological polar surface area (TPSA) is 74.4 Å². The number of benzene rings is 2. The number of hydrogen-bond acceptors (Lipinski definition) is 3. The zero-order chi connectivity index (χ0) is 26.0. The second kappa shape index (κ2) is 13.2. The van der Waals surface area contributed by atoms with E-state index in [1.165, 1.54) is 18.6 Å². The predicted molar refractivity (Wildman–Crippen MR) is 143 cm³/mol. The molecule has 2 aromatic carbocycles. The minimum atomic E-state index is -0.889. The molecule has 0 radical (unpaired) electrons. The number of carbonyl (C=O) groups is 2. The fourth-order valence-electron chi connectivity index (χ4n) is 4.93. The molecule has 2 N–H and O–H groups in total. The average Bonchev–Trinajstić information content (AvgIpc) is 3.42. The van der Waals surface area contributed by atoms with Gasteiger partial charge >= 0.3 is 0 Å². The lowest BCUT2D eigenvalue weighted by Crippen LogP contribution is -2.47. The van der Waals surface area contributed by atoms with Crippen molar-refractivity contribution in [3.63, 3.8) is 0 Å². The van der Waals surface area contributed by atoms with E-state index in [4.69, 9.17) is 4.74 Å². The van der Waals surface area contributed by atoms with Crippen LogP contribution in [0.15, 0.2) is 66.7 Å². The molecule has 1 aliphatic carbocycles. The Morgan fingerprint density at radius 2 is 1.76 bits per heavy atom. The van der Waals surface area contributed by atoms with E-state index in [-0.39, 0.29) is 23.7 Å². The molecule has 6 nitrogen and oxygen atoms in total. The average molecular weight is 506 g/mol. The standard InChI is InChI=1S/C30H36FN3O3/c1-2-37-21-9-20-34(30(36)27-19-18-26(33-27)22-10-5-3-6-11-22)28(23-14-16-24(31)17-15-23)29(35)32-25-12-7-4-8-13-25/h3,5-6,10-11,14-19,25,28,33H,2,4,7-9,12-13,20-21H2,1H3,(H,32,35)/t28-/m0/s1. The van der Waals surface area contributed by atoms with Gasteiger partial charge in [0.05, 0.1) is 0 Å². The molecule has 0 saturated heterocycles. The minimum absolute atomic E-state index is 0.0831. The number of rotatable bonds is 11. The number of halogens is 1. The number of amides is 2. The number of ether oxygens (including phenoxy) is 1. The van der Waals surface area contributed by atoms with Crippen molar-refractivity contribution in [1.29, 1.82) is 0 Å². The zero-order valence-corrected chi connectivity index (χ0v) is 21.4. The second-order valence-corrected chi connectivity index (χ2v) is 9.50. The lowest BCUT2D eigenvalue weighted by molar-refractivity contribution is -0.127. The van der Waals surface area contributed by atoms with Crippen molar-refractivity contribution in [3.05, 3.63) is 83.8 Å². The highest BCUT2D eigenvalue weighted by Gasteiger charge is 2.33. The first-order valence-corrected chi connectivity index (χ1v) is 13.3. The Morgan fingerprint density at radius 3 is 2.46 bits per heavy atom. The van der Waals surface area contributed by atoms with Crippen molar-refractivity contribution in [3.8, 4) is 11.3 Å². The summed E-state index contributed by atoms with van der Waals surface area (Å²) in [7, 11) is 0. The number of aromatic amines is 1. The maximum absolute atomic E-state index is 13.9. The zero-order valence-electron chi connectivity index (χ0n) is 21.4. The second-order valence-electron chi connectivity index (χ2n) is 9.50. The lowest BCUT2D eigenvalue weighted by atomic mass is 9.94. The summed E-state index contributed by atoms with van der Waals surface area (Å²) in [6.45, 7) is 3.29. The summed E-state index contributed by atoms with van der Waals surface area (Å²) in [5.41, 5.74) is 2.76. The van der Waals surface area contributed by atoms with Crippen molar-refractivity contribution >= 4 is 11.8 Å². The van der Waals surface area contributed by atoms with Crippen LogP contribution in [0.5, 0.6) is 0 Å². The Hall–Kier alpha value is -3.45. The van der Waals surface area contributed by atoms with Gasteiger partial charge in [-0.3, -0.25) is 9.59 Å². The molecule has 1 aromatic heterocycles. The molecule has 196 valence electrons. The summed E-state index contributed by atoms with van der Waals surface area (Å²) in [6.07, 6.45) is 5.75. The molecular formula is C30H36FN3O3. The van der Waals surface area contributed by atoms with Crippen molar-refractivity contribution < 1.29 is 18.7 Å². The van der Waals surface area contributed by atoms with Gasteiger partial charge in [0, 0.05) is 31.5 Å². The van der Waals surface area contributed by atoms with Crippen LogP contribution >= 0.6 is 0 Å². The van der Waals surface area contributed by atoms with E-state index in [0.717, 1.165) is 36.9 Å². The molecule has 1 heterocycles. The van der Waals surface area contributed by atoms with E-state index < -0.39 is 6.04 Å². The van der Waals surface area contributed by atoms with Gasteiger partial charge in [0.15, 0.2) is 0 Å². The SMILES string of the molecule is CCOCCCN(C(=O)c1ccc(-c2ccccc2)[nH]1)[C@H](C(=O)NC1CCCCC1)c1ccc(F)cc1.